The molecule has 0 saturated heterocycles. The Kier molecular flexibility index (Phi) is 6.25. The number of hydrogen-bond acceptors (Lipinski definition) is 4. The van der Waals surface area contributed by atoms with Crippen molar-refractivity contribution < 1.29 is 19.1 Å². The molecule has 0 aliphatic heterocycles. The van der Waals surface area contributed by atoms with Crippen LogP contribution in [0.15, 0.2) is 60.7 Å². The Morgan fingerprint density at radius 2 is 1.28 bits per heavy atom. The lowest BCUT2D eigenvalue weighted by Gasteiger charge is -2.19. The molecule has 130 valence electrons. The van der Waals surface area contributed by atoms with Crippen molar-refractivity contribution in [3.63, 3.8) is 0 Å². The van der Waals surface area contributed by atoms with Crippen LogP contribution in [-0.2, 0) is 19.1 Å². The van der Waals surface area contributed by atoms with E-state index in [2.05, 4.69) is 5.32 Å². The van der Waals surface area contributed by atoms with E-state index < -0.39 is 29.9 Å². The highest BCUT2D eigenvalue weighted by Gasteiger charge is 2.24. The van der Waals surface area contributed by atoms with Crippen molar-refractivity contribution in [3.8, 4) is 0 Å². The molecule has 0 saturated carbocycles. The molecule has 0 fully saturated rings. The van der Waals surface area contributed by atoms with Gasteiger partial charge in [-0.15, -0.1) is 0 Å². The monoisotopic (exact) mass is 341 g/mol. The third-order valence-corrected chi connectivity index (χ3v) is 3.46. The number of benzene rings is 2. The molecular weight excluding hydrogens is 322 g/mol. The second-order valence-corrected chi connectivity index (χ2v) is 5.32. The maximum Gasteiger partial charge on any atom is 0.249 e. The lowest BCUT2D eigenvalue weighted by atomic mass is 10.0. The first-order valence-electron chi connectivity index (χ1n) is 7.58. The van der Waals surface area contributed by atoms with Gasteiger partial charge in [0, 0.05) is 0 Å². The van der Waals surface area contributed by atoms with Crippen LogP contribution in [0.2, 0.25) is 0 Å². The molecule has 3 amide bonds. The van der Waals surface area contributed by atoms with Gasteiger partial charge in [-0.05, 0) is 11.1 Å². The fraction of sp³-hybridized carbons (Fsp3) is 0.167. The van der Waals surface area contributed by atoms with Gasteiger partial charge in [-0.3, -0.25) is 14.4 Å². The Labute approximate surface area is 145 Å². The Bertz CT molecular complexity index is 681. The summed E-state index contributed by atoms with van der Waals surface area (Å²) in [6.07, 6.45) is -0.478. The first kappa shape index (κ1) is 18.2. The van der Waals surface area contributed by atoms with Crippen LogP contribution in [0.25, 0.3) is 0 Å². The Hall–Kier alpha value is -3.19. The molecule has 5 N–H and O–H groups in total. The van der Waals surface area contributed by atoms with E-state index in [0.717, 1.165) is 11.1 Å². The molecule has 0 atom stereocenters. The van der Waals surface area contributed by atoms with Gasteiger partial charge < -0.3 is 21.5 Å². The van der Waals surface area contributed by atoms with E-state index in [1.165, 1.54) is 0 Å². The molecule has 0 spiro atoms. The van der Waals surface area contributed by atoms with Gasteiger partial charge >= 0.3 is 0 Å². The molecule has 0 heterocycles. The smallest absolute Gasteiger partial charge is 0.249 e. The highest BCUT2D eigenvalue weighted by atomic mass is 16.5. The zero-order valence-corrected chi connectivity index (χ0v) is 13.4. The van der Waals surface area contributed by atoms with E-state index >= 15 is 0 Å². The summed E-state index contributed by atoms with van der Waals surface area (Å²) in [5.74, 6) is -2.72. The van der Waals surface area contributed by atoms with Crippen LogP contribution in [0.4, 0.5) is 0 Å². The molecule has 0 aliphatic carbocycles. The van der Waals surface area contributed by atoms with Gasteiger partial charge in [0.2, 0.25) is 17.7 Å². The number of hydrogen-bond donors (Lipinski definition) is 3. The second-order valence-electron chi connectivity index (χ2n) is 5.32. The Balaban J connectivity index is 2.09. The third-order valence-electron chi connectivity index (χ3n) is 3.46. The minimum absolute atomic E-state index is 0.370. The van der Waals surface area contributed by atoms with E-state index in [-0.39, 0.29) is 6.61 Å². The van der Waals surface area contributed by atoms with E-state index in [9.17, 15) is 14.4 Å². The Morgan fingerprint density at radius 1 is 0.840 bits per heavy atom. The van der Waals surface area contributed by atoms with Crippen molar-refractivity contribution in [3.05, 3.63) is 71.8 Å². The zero-order valence-electron chi connectivity index (χ0n) is 13.4. The van der Waals surface area contributed by atoms with Crippen LogP contribution in [0, 0.1) is 0 Å². The normalized spacial score (nSPS) is 10.6. The summed E-state index contributed by atoms with van der Waals surface area (Å²) in [6, 6.07) is 17.2. The predicted molar refractivity (Wildman–Crippen MR) is 91.0 cm³/mol. The van der Waals surface area contributed by atoms with Crippen LogP contribution in [0.3, 0.4) is 0 Å². The Morgan fingerprint density at radius 3 is 1.68 bits per heavy atom. The molecular formula is C18H19N3O4. The van der Waals surface area contributed by atoms with Gasteiger partial charge in [-0.1, -0.05) is 60.7 Å². The molecule has 2 rings (SSSR count). The summed E-state index contributed by atoms with van der Waals surface area (Å²) >= 11 is 0. The summed E-state index contributed by atoms with van der Waals surface area (Å²) < 4.78 is 5.72. The van der Waals surface area contributed by atoms with Crippen molar-refractivity contribution >= 4 is 17.7 Å². The molecule has 0 radical (unpaired) electrons. The highest BCUT2D eigenvalue weighted by molar-refractivity contribution is 6.05. The summed E-state index contributed by atoms with van der Waals surface area (Å²) in [7, 11) is 0. The average Bonchev–Trinajstić information content (AvgIpc) is 2.61. The lowest BCUT2D eigenvalue weighted by molar-refractivity contribution is -0.136. The zero-order chi connectivity index (χ0) is 18.2. The number of nitrogens with one attached hydrogen (secondary N) is 1. The van der Waals surface area contributed by atoms with E-state index in [4.69, 9.17) is 16.2 Å². The third kappa shape index (κ3) is 5.15. The average molecular weight is 341 g/mol. The molecule has 0 aromatic heterocycles. The van der Waals surface area contributed by atoms with Gasteiger partial charge in [-0.25, -0.2) is 0 Å². The van der Waals surface area contributed by atoms with Crippen LogP contribution < -0.4 is 16.8 Å². The summed E-state index contributed by atoms with van der Waals surface area (Å²) in [6.45, 7) is -0.370. The maximum absolute atomic E-state index is 12.0. The summed E-state index contributed by atoms with van der Waals surface area (Å²) in [5.41, 5.74) is 11.8. The SMILES string of the molecule is NC(=O)C(NC(=O)COC(c1ccccc1)c1ccccc1)C(N)=O. The quantitative estimate of drug-likeness (QED) is 0.595. The number of carbonyl (C=O) groups is 3. The van der Waals surface area contributed by atoms with Crippen molar-refractivity contribution in [2.45, 2.75) is 12.1 Å². The fourth-order valence-electron chi connectivity index (χ4n) is 2.28. The molecule has 7 heteroatoms. The first-order chi connectivity index (χ1) is 12.0. The topological polar surface area (TPSA) is 125 Å². The second kappa shape index (κ2) is 8.60. The minimum atomic E-state index is -1.57. The predicted octanol–water partition coefficient (Wildman–Crippen LogP) is 0.248. The van der Waals surface area contributed by atoms with E-state index in [1.54, 1.807) is 0 Å². The van der Waals surface area contributed by atoms with Crippen molar-refractivity contribution in [2.75, 3.05) is 6.61 Å². The highest BCUT2D eigenvalue weighted by Crippen LogP contribution is 2.25. The fourth-order valence-corrected chi connectivity index (χ4v) is 2.28. The molecule has 0 unspecified atom stereocenters. The van der Waals surface area contributed by atoms with Gasteiger partial charge in [0.05, 0.1) is 0 Å². The molecule has 0 aliphatic rings. The van der Waals surface area contributed by atoms with Crippen molar-refractivity contribution in [1.29, 1.82) is 0 Å². The standard InChI is InChI=1S/C18H19N3O4/c19-17(23)15(18(20)24)21-14(22)11-25-16(12-7-3-1-4-8-12)13-9-5-2-6-10-13/h1-10,15-16H,11H2,(H2,19,23)(H2,20,24)(H,21,22). The summed E-state index contributed by atoms with van der Waals surface area (Å²) in [5, 5.41) is 2.16. The van der Waals surface area contributed by atoms with Gasteiger partial charge in [-0.2, -0.15) is 0 Å². The molecule has 2 aromatic carbocycles. The molecule has 0 bridgehead atoms. The van der Waals surface area contributed by atoms with Gasteiger partial charge in [0.1, 0.15) is 12.7 Å². The van der Waals surface area contributed by atoms with Gasteiger partial charge in [0.25, 0.3) is 0 Å². The number of nitrogens with two attached hydrogens (primary N) is 2. The van der Waals surface area contributed by atoms with E-state index in [0.29, 0.717) is 0 Å². The molecule has 2 aromatic rings. The van der Waals surface area contributed by atoms with Crippen LogP contribution >= 0.6 is 0 Å². The first-order valence-corrected chi connectivity index (χ1v) is 7.58. The number of amides is 3. The van der Waals surface area contributed by atoms with Crippen LogP contribution in [-0.4, -0.2) is 30.4 Å². The number of rotatable bonds is 8. The van der Waals surface area contributed by atoms with Crippen LogP contribution in [0.1, 0.15) is 17.2 Å². The van der Waals surface area contributed by atoms with Crippen molar-refractivity contribution in [2.24, 2.45) is 11.5 Å². The van der Waals surface area contributed by atoms with Crippen molar-refractivity contribution in [1.82, 2.24) is 5.32 Å². The molecule has 25 heavy (non-hydrogen) atoms. The largest absolute Gasteiger partial charge is 0.367 e. The summed E-state index contributed by atoms with van der Waals surface area (Å²) in [4.78, 5) is 34.2. The van der Waals surface area contributed by atoms with E-state index in [1.807, 2.05) is 60.7 Å². The van der Waals surface area contributed by atoms with Gasteiger partial charge in [0.15, 0.2) is 6.04 Å². The maximum atomic E-state index is 12.0. The number of carbonyl (C=O) groups excluding carboxylic acids is 3. The lowest BCUT2D eigenvalue weighted by Crippen LogP contribution is -2.53. The van der Waals surface area contributed by atoms with Crippen LogP contribution in [0.5, 0.6) is 0 Å². The molecule has 7 nitrogen and oxygen atoms in total. The number of ether oxygens (including phenoxy) is 1. The number of primary amides is 2. The minimum Gasteiger partial charge on any atom is -0.367 e.